The van der Waals surface area contributed by atoms with Gasteiger partial charge in [-0.05, 0) is 0 Å². The molecule has 50 valence electrons. The Morgan fingerprint density at radius 3 is 2.22 bits per heavy atom. The molecule has 0 saturated heterocycles. The predicted molar refractivity (Wildman–Crippen MR) is 31.7 cm³/mol. The Morgan fingerprint density at radius 2 is 2.11 bits per heavy atom. The van der Waals surface area contributed by atoms with Gasteiger partial charge in [-0.15, -0.1) is 0 Å². The molecule has 0 amide bonds. The Hall–Kier alpha value is 0.437. The molecule has 3 nitrogen and oxygen atoms in total. The molecule has 0 fully saturated rings. The molecule has 1 unspecified atom stereocenters. The second kappa shape index (κ2) is 3.57. The van der Waals surface area contributed by atoms with Crippen LogP contribution in [0.1, 0.15) is 6.42 Å². The minimum atomic E-state index is -4.00. The molecule has 0 aliphatic rings. The van der Waals surface area contributed by atoms with Gasteiger partial charge in [-0.2, -0.15) is 0 Å². The average molecular weight is 148 g/mol. The van der Waals surface area contributed by atoms with Crippen LogP contribution in [0, 0.1) is 0 Å². The summed E-state index contributed by atoms with van der Waals surface area (Å²) in [6.45, 7) is -0.721. The third kappa shape index (κ3) is 3.93. The molecule has 0 bridgehead atoms. The zero-order valence-electron chi connectivity index (χ0n) is 5.04. The van der Waals surface area contributed by atoms with Crippen molar-refractivity contribution in [3.63, 3.8) is 0 Å². The summed E-state index contributed by atoms with van der Waals surface area (Å²) in [5.41, 5.74) is 0. The van der Waals surface area contributed by atoms with Crippen molar-refractivity contribution >= 4 is 27.8 Å². The van der Waals surface area contributed by atoms with Crippen molar-refractivity contribution in [2.45, 2.75) is 10.3 Å². The van der Waals surface area contributed by atoms with Crippen molar-refractivity contribution in [1.29, 1.82) is 0 Å². The van der Waals surface area contributed by atoms with Crippen LogP contribution in [0.4, 0.5) is 4.39 Å². The number of rotatable bonds is 3. The third-order valence-electron chi connectivity index (χ3n) is 1.02. The van der Waals surface area contributed by atoms with E-state index >= 15 is 0 Å². The normalized spacial score (nSPS) is 15.6. The van der Waals surface area contributed by atoms with Gasteiger partial charge in [-0.1, -0.05) is 0 Å². The summed E-state index contributed by atoms with van der Waals surface area (Å²) in [5.74, 6) is 0. The molecule has 0 radical (unpaired) electrons. The van der Waals surface area contributed by atoms with E-state index in [1.165, 1.54) is 17.7 Å². The second-order valence-electron chi connectivity index (χ2n) is 1.80. The molecular weight excluding hydrogens is 142 g/mol. The van der Waals surface area contributed by atoms with Crippen molar-refractivity contribution in [1.82, 2.24) is 0 Å². The van der Waals surface area contributed by atoms with Gasteiger partial charge in [0.15, 0.2) is 0 Å². The number of hydrogen-bond acceptors (Lipinski definition) is 2. The second-order valence-corrected chi connectivity index (χ2v) is 3.64. The SMILES string of the molecule is [Li][CH](CCF)S(=O)(=O)O. The maximum atomic E-state index is 11.4. The minimum absolute atomic E-state index is 0.140. The van der Waals surface area contributed by atoms with E-state index in [4.69, 9.17) is 4.55 Å². The first-order chi connectivity index (χ1) is 3.98. The zero-order valence-corrected chi connectivity index (χ0v) is 5.86. The summed E-state index contributed by atoms with van der Waals surface area (Å²) in [4.78, 5) is 0. The Bertz CT molecular complexity index is 166. The van der Waals surface area contributed by atoms with E-state index in [9.17, 15) is 12.8 Å². The van der Waals surface area contributed by atoms with Gasteiger partial charge in [0, 0.05) is 0 Å². The van der Waals surface area contributed by atoms with E-state index in [1.807, 2.05) is 0 Å². The van der Waals surface area contributed by atoms with Crippen LogP contribution in [0.5, 0.6) is 0 Å². The molecule has 0 aromatic heterocycles. The monoisotopic (exact) mass is 148 g/mol. The van der Waals surface area contributed by atoms with Gasteiger partial charge in [0.1, 0.15) is 0 Å². The molecule has 0 heterocycles. The van der Waals surface area contributed by atoms with E-state index in [-0.39, 0.29) is 6.42 Å². The third-order valence-corrected chi connectivity index (χ3v) is 2.28. The molecule has 0 aromatic carbocycles. The molecular formula is C3H6FLiO3S. The van der Waals surface area contributed by atoms with Crippen LogP contribution in [0.15, 0.2) is 0 Å². The first-order valence-corrected chi connectivity index (χ1v) is 4.01. The number of halogens is 1. The Balaban J connectivity index is 3.90. The van der Waals surface area contributed by atoms with Crippen LogP contribution in [0.2, 0.25) is 0 Å². The van der Waals surface area contributed by atoms with Gasteiger partial charge >= 0.3 is 62.2 Å². The van der Waals surface area contributed by atoms with Gasteiger partial charge in [0.05, 0.1) is 0 Å². The molecule has 0 aromatic rings. The summed E-state index contributed by atoms with van der Waals surface area (Å²) < 4.78 is 38.9. The maximum absolute atomic E-state index is 11.4. The standard InChI is InChI=1S/C3H6FO3S.Li/c4-2-1-3-8(5,6)7;/h3H,1-2H2,(H,5,6,7);. The Morgan fingerprint density at radius 1 is 1.67 bits per heavy atom. The molecule has 0 spiro atoms. The summed E-state index contributed by atoms with van der Waals surface area (Å²) >= 11 is 1.26. The fourth-order valence-corrected chi connectivity index (χ4v) is 0.690. The van der Waals surface area contributed by atoms with Crippen LogP contribution in [0.3, 0.4) is 0 Å². The molecule has 9 heavy (non-hydrogen) atoms. The first kappa shape index (κ1) is 9.44. The van der Waals surface area contributed by atoms with E-state index in [2.05, 4.69) is 0 Å². The number of alkyl halides is 1. The van der Waals surface area contributed by atoms with Crippen LogP contribution in [-0.4, -0.2) is 41.3 Å². The summed E-state index contributed by atoms with van der Waals surface area (Å²) in [6, 6.07) is 0. The molecule has 0 rings (SSSR count). The predicted octanol–water partition coefficient (Wildman–Crippen LogP) is -0.272. The van der Waals surface area contributed by atoms with Gasteiger partial charge in [0.2, 0.25) is 0 Å². The van der Waals surface area contributed by atoms with Crippen molar-refractivity contribution in [3.05, 3.63) is 0 Å². The van der Waals surface area contributed by atoms with E-state index in [0.29, 0.717) is 0 Å². The van der Waals surface area contributed by atoms with E-state index in [0.717, 1.165) is 0 Å². The average Bonchev–Trinajstić information content (AvgIpc) is 1.64. The molecule has 1 N–H and O–H groups in total. The summed E-state index contributed by atoms with van der Waals surface area (Å²) in [7, 11) is -4.00. The topological polar surface area (TPSA) is 54.4 Å². The van der Waals surface area contributed by atoms with Crippen molar-refractivity contribution in [2.75, 3.05) is 6.67 Å². The van der Waals surface area contributed by atoms with Crippen molar-refractivity contribution < 1.29 is 17.4 Å². The van der Waals surface area contributed by atoms with E-state index in [1.54, 1.807) is 0 Å². The van der Waals surface area contributed by atoms with Crippen molar-refractivity contribution in [3.8, 4) is 0 Å². The molecule has 0 aliphatic carbocycles. The van der Waals surface area contributed by atoms with Crippen LogP contribution in [-0.2, 0) is 10.1 Å². The first-order valence-electron chi connectivity index (χ1n) is 2.50. The van der Waals surface area contributed by atoms with Crippen molar-refractivity contribution in [2.24, 2.45) is 0 Å². The number of hydrogen-bond donors (Lipinski definition) is 1. The van der Waals surface area contributed by atoms with Crippen LogP contribution < -0.4 is 0 Å². The Labute approximate surface area is 62.6 Å². The fourth-order valence-electron chi connectivity index (χ4n) is 0.303. The van der Waals surface area contributed by atoms with Crippen LogP contribution >= 0.6 is 0 Å². The molecule has 1 atom stereocenters. The van der Waals surface area contributed by atoms with Gasteiger partial charge in [-0.25, -0.2) is 0 Å². The molecule has 6 heteroatoms. The van der Waals surface area contributed by atoms with Gasteiger partial charge in [0.25, 0.3) is 0 Å². The quantitative estimate of drug-likeness (QED) is 0.442. The molecule has 0 saturated carbocycles. The Kier molecular flexibility index (Phi) is 3.74. The summed E-state index contributed by atoms with van der Waals surface area (Å²) in [6.07, 6.45) is -0.140. The zero-order chi connectivity index (χ0) is 7.49. The summed E-state index contributed by atoms with van der Waals surface area (Å²) in [5, 5.41) is 0. The van der Waals surface area contributed by atoms with E-state index < -0.39 is 20.7 Å². The van der Waals surface area contributed by atoms with Crippen LogP contribution in [0.25, 0.3) is 0 Å². The molecule has 0 aliphatic heterocycles. The van der Waals surface area contributed by atoms with Gasteiger partial charge < -0.3 is 0 Å². The van der Waals surface area contributed by atoms with Gasteiger partial charge in [-0.3, -0.25) is 0 Å². The fraction of sp³-hybridized carbons (Fsp3) is 1.00.